The summed E-state index contributed by atoms with van der Waals surface area (Å²) in [7, 11) is -0.766. The van der Waals surface area contributed by atoms with Crippen molar-refractivity contribution >= 4 is 45.6 Å². The molecule has 0 fully saturated rings. The van der Waals surface area contributed by atoms with Gasteiger partial charge in [-0.3, -0.25) is 0 Å². The van der Waals surface area contributed by atoms with Gasteiger partial charge < -0.3 is 4.57 Å². The van der Waals surface area contributed by atoms with Crippen LogP contribution in [-0.2, 0) is 5.41 Å². The Labute approximate surface area is 241 Å². The Morgan fingerprint density at radius 3 is 2.15 bits per heavy atom. The first-order valence-corrected chi connectivity index (χ1v) is 15.7. The van der Waals surface area contributed by atoms with Gasteiger partial charge in [0.25, 0.3) is 0 Å². The summed E-state index contributed by atoms with van der Waals surface area (Å²) in [6, 6.07) is 49.9. The van der Waals surface area contributed by atoms with E-state index in [0.717, 1.165) is 0 Å². The van der Waals surface area contributed by atoms with Gasteiger partial charge >= 0.3 is 0 Å². The number of fused-ring (bicyclic) bond motifs is 9. The van der Waals surface area contributed by atoms with Crippen LogP contribution in [-0.4, -0.2) is 4.57 Å². The van der Waals surface area contributed by atoms with E-state index in [-0.39, 0.29) is 5.41 Å². The number of rotatable bonds is 2. The molecular weight excluding hydrogens is 513 g/mol. The van der Waals surface area contributed by atoms with Gasteiger partial charge in [0, 0.05) is 26.8 Å². The van der Waals surface area contributed by atoms with Gasteiger partial charge in [0.2, 0.25) is 0 Å². The maximum Gasteiger partial charge on any atom is 0.0624 e. The van der Waals surface area contributed by atoms with Crippen LogP contribution in [0, 0.1) is 0 Å². The van der Waals surface area contributed by atoms with E-state index < -0.39 is 7.92 Å². The number of para-hydroxylation sites is 2. The van der Waals surface area contributed by atoms with E-state index in [9.17, 15) is 0 Å². The lowest BCUT2D eigenvalue weighted by atomic mass is 9.81. The summed E-state index contributed by atoms with van der Waals surface area (Å²) in [5.41, 5.74) is 12.1. The molecule has 0 bridgehead atoms. The second kappa shape index (κ2) is 8.29. The van der Waals surface area contributed by atoms with E-state index in [1.54, 1.807) is 0 Å². The molecule has 1 aliphatic carbocycles. The monoisotopic (exact) mass is 541 g/mol. The first-order chi connectivity index (χ1) is 20.1. The zero-order chi connectivity index (χ0) is 27.3. The van der Waals surface area contributed by atoms with E-state index in [1.807, 2.05) is 0 Å². The Balaban J connectivity index is 1.42. The molecule has 41 heavy (non-hydrogen) atoms. The quantitative estimate of drug-likeness (QED) is 0.193. The largest absolute Gasteiger partial charge is 0.308 e. The van der Waals surface area contributed by atoms with Crippen molar-refractivity contribution in [3.63, 3.8) is 0 Å². The third-order valence-corrected chi connectivity index (χ3v) is 11.8. The molecule has 1 unspecified atom stereocenters. The lowest BCUT2D eigenvalue weighted by Crippen LogP contribution is -2.31. The van der Waals surface area contributed by atoms with E-state index in [0.29, 0.717) is 0 Å². The average Bonchev–Trinajstić information content (AvgIpc) is 3.48. The van der Waals surface area contributed by atoms with Crippen LogP contribution in [0.2, 0.25) is 0 Å². The zero-order valence-corrected chi connectivity index (χ0v) is 24.0. The van der Waals surface area contributed by atoms with Crippen LogP contribution in [0.5, 0.6) is 0 Å². The molecule has 0 amide bonds. The van der Waals surface area contributed by atoms with Gasteiger partial charge in [0.15, 0.2) is 0 Å². The van der Waals surface area contributed by atoms with Crippen molar-refractivity contribution in [2.45, 2.75) is 19.3 Å². The highest BCUT2D eigenvalue weighted by Gasteiger charge is 2.41. The highest BCUT2D eigenvalue weighted by molar-refractivity contribution is 7.80. The zero-order valence-electron chi connectivity index (χ0n) is 23.1. The van der Waals surface area contributed by atoms with Crippen LogP contribution < -0.4 is 15.9 Å². The highest BCUT2D eigenvalue weighted by atomic mass is 31.1. The molecule has 0 spiro atoms. The fraction of sp³-hybridized carbons (Fsp3) is 0.0769. The van der Waals surface area contributed by atoms with Crippen LogP contribution in [0.25, 0.3) is 49.7 Å². The third kappa shape index (κ3) is 3.05. The van der Waals surface area contributed by atoms with Gasteiger partial charge in [-0.2, -0.15) is 0 Å². The topological polar surface area (TPSA) is 4.93 Å². The summed E-state index contributed by atoms with van der Waals surface area (Å²) >= 11 is 0. The molecular formula is C39H28NP. The van der Waals surface area contributed by atoms with Crippen molar-refractivity contribution in [2.75, 3.05) is 0 Å². The van der Waals surface area contributed by atoms with Crippen LogP contribution in [0.3, 0.4) is 0 Å². The molecule has 194 valence electrons. The molecule has 9 rings (SSSR count). The molecule has 0 N–H and O–H groups in total. The number of aromatic nitrogens is 1. The fourth-order valence-electron chi connectivity index (χ4n) is 7.41. The molecule has 1 atom stereocenters. The van der Waals surface area contributed by atoms with Gasteiger partial charge in [-0.1, -0.05) is 129 Å². The summed E-state index contributed by atoms with van der Waals surface area (Å²) in [5.74, 6) is 0. The van der Waals surface area contributed by atoms with Gasteiger partial charge in [0.05, 0.1) is 16.7 Å². The second-order valence-electron chi connectivity index (χ2n) is 11.8. The summed E-state index contributed by atoms with van der Waals surface area (Å²) < 4.78 is 2.56. The predicted octanol–water partition coefficient (Wildman–Crippen LogP) is 8.83. The minimum Gasteiger partial charge on any atom is -0.308 e. The van der Waals surface area contributed by atoms with Gasteiger partial charge in [-0.05, 0) is 64.8 Å². The Hall–Kier alpha value is -4.45. The number of nitrogens with zero attached hydrogens (tertiary/aromatic N) is 1. The van der Waals surface area contributed by atoms with E-state index >= 15 is 0 Å². The molecule has 0 saturated heterocycles. The Bertz CT molecular complexity index is 2170. The highest BCUT2D eigenvalue weighted by Crippen LogP contribution is 2.55. The number of hydrogen-bond donors (Lipinski definition) is 0. The Morgan fingerprint density at radius 1 is 0.585 bits per heavy atom. The minimum atomic E-state index is -0.766. The summed E-state index contributed by atoms with van der Waals surface area (Å²) in [6.45, 7) is 4.81. The molecule has 1 nitrogen and oxygen atoms in total. The molecule has 1 aromatic heterocycles. The van der Waals surface area contributed by atoms with Crippen LogP contribution >= 0.6 is 7.92 Å². The van der Waals surface area contributed by atoms with E-state index in [1.165, 1.54) is 76.8 Å². The van der Waals surface area contributed by atoms with Crippen molar-refractivity contribution in [1.29, 1.82) is 0 Å². The van der Waals surface area contributed by atoms with Gasteiger partial charge in [-0.25, -0.2) is 0 Å². The molecule has 2 aliphatic rings. The molecule has 0 saturated carbocycles. The third-order valence-electron chi connectivity index (χ3n) is 9.29. The molecule has 1 aliphatic heterocycles. The van der Waals surface area contributed by atoms with Crippen LogP contribution in [0.15, 0.2) is 133 Å². The van der Waals surface area contributed by atoms with E-state index in [4.69, 9.17) is 0 Å². The Kier molecular flexibility index (Phi) is 4.71. The molecule has 2 heterocycles. The molecule has 7 aromatic rings. The smallest absolute Gasteiger partial charge is 0.0624 e. The molecule has 6 aromatic carbocycles. The number of hydrogen-bond acceptors (Lipinski definition) is 0. The molecule has 0 radical (unpaired) electrons. The predicted molar refractivity (Wildman–Crippen MR) is 176 cm³/mol. The van der Waals surface area contributed by atoms with Crippen LogP contribution in [0.1, 0.15) is 25.0 Å². The van der Waals surface area contributed by atoms with Gasteiger partial charge in [0.1, 0.15) is 0 Å². The average molecular weight is 542 g/mol. The lowest BCUT2D eigenvalue weighted by molar-refractivity contribution is 0.661. The standard InChI is InChI=1S/C39H28NP/c1-39(2)31-22-23-34-38(36(31)30-21-20-26(24-32(30)39)25-12-5-3-6-13-25)41(27-14-7-4-8-15-27)35-19-11-17-29-28-16-9-10-18-33(28)40(34)37(29)35/h3-24H,1-2H3. The fourth-order valence-corrected chi connectivity index (χ4v) is 10.2. The summed E-state index contributed by atoms with van der Waals surface area (Å²) in [4.78, 5) is 0. The summed E-state index contributed by atoms with van der Waals surface area (Å²) in [6.07, 6.45) is 0. The maximum absolute atomic E-state index is 2.56. The Morgan fingerprint density at radius 2 is 1.32 bits per heavy atom. The number of benzene rings is 6. The molecule has 2 heteroatoms. The first-order valence-electron chi connectivity index (χ1n) is 14.4. The second-order valence-corrected chi connectivity index (χ2v) is 13.9. The van der Waals surface area contributed by atoms with Crippen molar-refractivity contribution < 1.29 is 0 Å². The normalized spacial score (nSPS) is 16.0. The maximum atomic E-state index is 2.56. The van der Waals surface area contributed by atoms with E-state index in [2.05, 4.69) is 152 Å². The lowest BCUT2D eigenvalue weighted by Gasteiger charge is -2.32. The van der Waals surface area contributed by atoms with Crippen molar-refractivity contribution in [1.82, 2.24) is 4.57 Å². The first kappa shape index (κ1) is 23.3. The van der Waals surface area contributed by atoms with Crippen LogP contribution in [0.4, 0.5) is 0 Å². The van der Waals surface area contributed by atoms with Gasteiger partial charge in [-0.15, -0.1) is 0 Å². The summed E-state index contributed by atoms with van der Waals surface area (Å²) in [5, 5.41) is 7.03. The van der Waals surface area contributed by atoms with Crippen molar-refractivity contribution in [3.8, 4) is 27.9 Å². The van der Waals surface area contributed by atoms with Crippen molar-refractivity contribution in [2.24, 2.45) is 0 Å². The van der Waals surface area contributed by atoms with Crippen molar-refractivity contribution in [3.05, 3.63) is 145 Å². The minimum absolute atomic E-state index is 0.0901. The SMILES string of the molecule is CC1(C)c2cc(-c3ccccc3)ccc2-c2c1ccc1c2P(c2ccccc2)c2cccc3c4ccccc4n-1c23.